The van der Waals surface area contributed by atoms with E-state index in [9.17, 15) is 5.11 Å². The molecule has 2 unspecified atom stereocenters. The van der Waals surface area contributed by atoms with Crippen molar-refractivity contribution < 1.29 is 29.8 Å². The molecule has 0 bridgehead atoms. The fourth-order valence-electron chi connectivity index (χ4n) is 1.98. The minimum Gasteiger partial charge on any atom is -0.394 e. The molecular formula is C15H32O6. The number of ether oxygens (including phenoxy) is 1. The van der Waals surface area contributed by atoms with Crippen molar-refractivity contribution in [1.29, 1.82) is 0 Å². The van der Waals surface area contributed by atoms with Crippen LogP contribution in [0.1, 0.15) is 45.4 Å². The van der Waals surface area contributed by atoms with Crippen molar-refractivity contribution in [1.82, 2.24) is 0 Å². The topological polar surface area (TPSA) is 88.4 Å². The first kappa shape index (κ1) is 20.8. The Morgan fingerprint density at radius 1 is 0.762 bits per heavy atom. The Kier molecular flexibility index (Phi) is 16.0. The van der Waals surface area contributed by atoms with Gasteiger partial charge in [0, 0.05) is 6.61 Å². The van der Waals surface area contributed by atoms with Crippen molar-refractivity contribution in [3.8, 4) is 0 Å². The van der Waals surface area contributed by atoms with E-state index in [1.165, 1.54) is 0 Å². The molecule has 0 saturated carbocycles. The Morgan fingerprint density at radius 2 is 1.38 bits per heavy atom. The first-order chi connectivity index (χ1) is 10.2. The number of rotatable bonds is 16. The second-order valence-corrected chi connectivity index (χ2v) is 5.24. The van der Waals surface area contributed by atoms with E-state index >= 15 is 0 Å². The average Bonchev–Trinajstić information content (AvgIpc) is 2.49. The second kappa shape index (κ2) is 16.1. The fraction of sp³-hybridized carbons (Fsp3) is 1.00. The van der Waals surface area contributed by atoms with Crippen molar-refractivity contribution in [2.75, 3.05) is 39.6 Å². The maximum atomic E-state index is 10.0. The lowest BCUT2D eigenvalue weighted by atomic mass is 9.94. The number of hydrogen-bond acceptors (Lipinski definition) is 6. The summed E-state index contributed by atoms with van der Waals surface area (Å²) in [5.74, 6) is 0.286. The number of aliphatic hydroxyl groups excluding tert-OH is 3. The molecule has 0 aliphatic rings. The molecule has 0 aliphatic carbocycles. The van der Waals surface area contributed by atoms with Crippen molar-refractivity contribution in [3.05, 3.63) is 0 Å². The van der Waals surface area contributed by atoms with E-state index in [0.717, 1.165) is 38.5 Å². The summed E-state index contributed by atoms with van der Waals surface area (Å²) in [5, 5.41) is 27.1. The SMILES string of the molecule is CC(CCCCOCCO)C(O)CCCCOOCCO. The molecule has 0 spiro atoms. The van der Waals surface area contributed by atoms with Crippen LogP contribution in [0.25, 0.3) is 0 Å². The van der Waals surface area contributed by atoms with Crippen LogP contribution < -0.4 is 0 Å². The Hall–Kier alpha value is -0.240. The fourth-order valence-corrected chi connectivity index (χ4v) is 1.98. The molecule has 21 heavy (non-hydrogen) atoms. The van der Waals surface area contributed by atoms with Crippen LogP contribution in [0.15, 0.2) is 0 Å². The molecule has 0 aromatic rings. The van der Waals surface area contributed by atoms with Crippen LogP contribution in [0.2, 0.25) is 0 Å². The summed E-state index contributed by atoms with van der Waals surface area (Å²) in [7, 11) is 0. The normalized spacial score (nSPS) is 14.3. The van der Waals surface area contributed by atoms with Gasteiger partial charge in [-0.2, -0.15) is 0 Å². The maximum Gasteiger partial charge on any atom is 0.105 e. The highest BCUT2D eigenvalue weighted by molar-refractivity contribution is 4.64. The van der Waals surface area contributed by atoms with Gasteiger partial charge in [-0.15, -0.1) is 0 Å². The zero-order valence-electron chi connectivity index (χ0n) is 13.2. The van der Waals surface area contributed by atoms with E-state index in [1.54, 1.807) is 0 Å². The van der Waals surface area contributed by atoms with Gasteiger partial charge in [-0.3, -0.25) is 0 Å². The van der Waals surface area contributed by atoms with Crippen LogP contribution in [0.5, 0.6) is 0 Å². The molecule has 6 heteroatoms. The van der Waals surface area contributed by atoms with E-state index in [-0.39, 0.29) is 31.8 Å². The average molecular weight is 308 g/mol. The molecule has 0 fully saturated rings. The predicted molar refractivity (Wildman–Crippen MR) is 79.8 cm³/mol. The first-order valence-electron chi connectivity index (χ1n) is 7.94. The standard InChI is InChI=1S/C15H32O6/c1-14(6-2-4-10-19-12-8-16)15(18)7-3-5-11-20-21-13-9-17/h14-18H,2-13H2,1H3. The highest BCUT2D eigenvalue weighted by Crippen LogP contribution is 2.17. The minimum absolute atomic E-state index is 0.0404. The first-order valence-corrected chi connectivity index (χ1v) is 7.94. The highest BCUT2D eigenvalue weighted by Gasteiger charge is 2.13. The van der Waals surface area contributed by atoms with E-state index in [0.29, 0.717) is 19.8 Å². The van der Waals surface area contributed by atoms with Gasteiger partial charge in [0.05, 0.1) is 32.5 Å². The van der Waals surface area contributed by atoms with Crippen molar-refractivity contribution in [2.24, 2.45) is 5.92 Å². The Labute approximate surface area is 128 Å². The van der Waals surface area contributed by atoms with Crippen LogP contribution in [0.3, 0.4) is 0 Å². The molecule has 0 heterocycles. The largest absolute Gasteiger partial charge is 0.394 e. The number of hydrogen-bond donors (Lipinski definition) is 3. The highest BCUT2D eigenvalue weighted by atomic mass is 17.2. The third-order valence-electron chi connectivity index (χ3n) is 3.33. The lowest BCUT2D eigenvalue weighted by molar-refractivity contribution is -0.298. The molecule has 3 N–H and O–H groups in total. The second-order valence-electron chi connectivity index (χ2n) is 5.24. The van der Waals surface area contributed by atoms with E-state index in [4.69, 9.17) is 24.7 Å². The molecule has 128 valence electrons. The van der Waals surface area contributed by atoms with Crippen LogP contribution in [-0.4, -0.2) is 61.1 Å². The lowest BCUT2D eigenvalue weighted by Gasteiger charge is -2.18. The van der Waals surface area contributed by atoms with Gasteiger partial charge in [-0.25, -0.2) is 9.78 Å². The third-order valence-corrected chi connectivity index (χ3v) is 3.33. The molecule has 0 radical (unpaired) electrons. The molecule has 0 aromatic carbocycles. The van der Waals surface area contributed by atoms with Crippen molar-refractivity contribution in [3.63, 3.8) is 0 Å². The van der Waals surface area contributed by atoms with E-state index in [2.05, 4.69) is 6.92 Å². The molecule has 0 rings (SSSR count). The molecule has 6 nitrogen and oxygen atoms in total. The Morgan fingerprint density at radius 3 is 2.10 bits per heavy atom. The lowest BCUT2D eigenvalue weighted by Crippen LogP contribution is -2.18. The molecule has 0 aliphatic heterocycles. The summed E-state index contributed by atoms with van der Waals surface area (Å²) in [6, 6.07) is 0. The quantitative estimate of drug-likeness (QED) is 0.226. The zero-order valence-corrected chi connectivity index (χ0v) is 13.2. The van der Waals surface area contributed by atoms with Gasteiger partial charge in [0.15, 0.2) is 0 Å². The van der Waals surface area contributed by atoms with E-state index < -0.39 is 0 Å². The molecule has 2 atom stereocenters. The summed E-state index contributed by atoms with van der Waals surface area (Å²) in [4.78, 5) is 9.55. The number of unbranched alkanes of at least 4 members (excludes halogenated alkanes) is 2. The summed E-state index contributed by atoms with van der Waals surface area (Å²) in [6.07, 6.45) is 5.21. The van der Waals surface area contributed by atoms with Crippen LogP contribution >= 0.6 is 0 Å². The molecule has 0 aromatic heterocycles. The van der Waals surface area contributed by atoms with Crippen LogP contribution in [0.4, 0.5) is 0 Å². The molecule has 0 saturated heterocycles. The summed E-state index contributed by atoms with van der Waals surface area (Å²) < 4.78 is 5.19. The van der Waals surface area contributed by atoms with E-state index in [1.807, 2.05) is 0 Å². The van der Waals surface area contributed by atoms with Crippen LogP contribution in [-0.2, 0) is 14.5 Å². The summed E-state index contributed by atoms with van der Waals surface area (Å²) >= 11 is 0. The third kappa shape index (κ3) is 14.5. The molecule has 0 amide bonds. The van der Waals surface area contributed by atoms with Crippen LogP contribution in [0, 0.1) is 5.92 Å². The zero-order chi connectivity index (χ0) is 15.8. The van der Waals surface area contributed by atoms with Gasteiger partial charge >= 0.3 is 0 Å². The van der Waals surface area contributed by atoms with Crippen molar-refractivity contribution >= 4 is 0 Å². The van der Waals surface area contributed by atoms with Gasteiger partial charge in [0.2, 0.25) is 0 Å². The van der Waals surface area contributed by atoms with Gasteiger partial charge in [0.25, 0.3) is 0 Å². The maximum absolute atomic E-state index is 10.0. The smallest absolute Gasteiger partial charge is 0.105 e. The van der Waals surface area contributed by atoms with Gasteiger partial charge < -0.3 is 20.1 Å². The summed E-state index contributed by atoms with van der Waals surface area (Å²) in [5.41, 5.74) is 0. The monoisotopic (exact) mass is 308 g/mol. The van der Waals surface area contributed by atoms with Gasteiger partial charge in [-0.1, -0.05) is 13.3 Å². The van der Waals surface area contributed by atoms with Gasteiger partial charge in [-0.05, 0) is 38.0 Å². The molecular weight excluding hydrogens is 276 g/mol. The Bertz CT molecular complexity index is 203. The predicted octanol–water partition coefficient (Wildman–Crippen LogP) is 1.27. The van der Waals surface area contributed by atoms with Gasteiger partial charge in [0.1, 0.15) is 6.61 Å². The summed E-state index contributed by atoms with van der Waals surface area (Å²) in [6.45, 7) is 3.87. The minimum atomic E-state index is -0.276. The van der Waals surface area contributed by atoms with Crippen molar-refractivity contribution in [2.45, 2.75) is 51.6 Å². The number of aliphatic hydroxyl groups is 3. The Balaban J connectivity index is 3.34.